The first kappa shape index (κ1) is 12.4. The SMILES string of the molecule is CCOC(=O)c1oc(-c2ccc(CC)o2)nc1C. The van der Waals surface area contributed by atoms with Crippen LogP contribution in [0.4, 0.5) is 0 Å². The molecule has 5 heteroatoms. The van der Waals surface area contributed by atoms with Crippen molar-refractivity contribution in [2.75, 3.05) is 6.61 Å². The fourth-order valence-corrected chi connectivity index (χ4v) is 1.57. The first-order valence-corrected chi connectivity index (χ1v) is 5.89. The number of ether oxygens (including phenoxy) is 1. The fraction of sp³-hybridized carbons (Fsp3) is 0.385. The number of oxazole rings is 1. The first-order chi connectivity index (χ1) is 8.65. The number of hydrogen-bond donors (Lipinski definition) is 0. The maximum absolute atomic E-state index is 11.6. The smallest absolute Gasteiger partial charge is 0.376 e. The van der Waals surface area contributed by atoms with Crippen LogP contribution in [-0.2, 0) is 11.2 Å². The molecule has 96 valence electrons. The quantitative estimate of drug-likeness (QED) is 0.779. The number of esters is 1. The summed E-state index contributed by atoms with van der Waals surface area (Å²) >= 11 is 0. The molecule has 2 heterocycles. The highest BCUT2D eigenvalue weighted by Gasteiger charge is 2.20. The second-order valence-electron chi connectivity index (χ2n) is 3.77. The van der Waals surface area contributed by atoms with Gasteiger partial charge in [0.05, 0.1) is 12.3 Å². The number of hydrogen-bond acceptors (Lipinski definition) is 5. The summed E-state index contributed by atoms with van der Waals surface area (Å²) in [5.41, 5.74) is 0.498. The van der Waals surface area contributed by atoms with E-state index >= 15 is 0 Å². The van der Waals surface area contributed by atoms with Crippen LogP contribution in [0.25, 0.3) is 11.7 Å². The Hall–Kier alpha value is -2.04. The van der Waals surface area contributed by atoms with Crippen molar-refractivity contribution in [1.29, 1.82) is 0 Å². The monoisotopic (exact) mass is 249 g/mol. The third kappa shape index (κ3) is 2.30. The summed E-state index contributed by atoms with van der Waals surface area (Å²) in [5.74, 6) is 1.29. The molecule has 0 saturated carbocycles. The Kier molecular flexibility index (Phi) is 3.50. The van der Waals surface area contributed by atoms with E-state index in [-0.39, 0.29) is 5.76 Å². The highest BCUT2D eigenvalue weighted by Crippen LogP contribution is 2.24. The van der Waals surface area contributed by atoms with Crippen molar-refractivity contribution in [2.45, 2.75) is 27.2 Å². The third-order valence-corrected chi connectivity index (χ3v) is 2.48. The minimum atomic E-state index is -0.504. The van der Waals surface area contributed by atoms with E-state index < -0.39 is 5.97 Å². The Balaban J connectivity index is 2.30. The zero-order chi connectivity index (χ0) is 13.1. The molecule has 0 aliphatic rings. The van der Waals surface area contributed by atoms with Crippen molar-refractivity contribution in [3.63, 3.8) is 0 Å². The van der Waals surface area contributed by atoms with Gasteiger partial charge in [0.1, 0.15) is 5.76 Å². The van der Waals surface area contributed by atoms with E-state index in [1.807, 2.05) is 13.0 Å². The molecule has 0 bridgehead atoms. The molecule has 2 aromatic heterocycles. The number of rotatable bonds is 4. The minimum absolute atomic E-state index is 0.126. The Morgan fingerprint density at radius 3 is 2.72 bits per heavy atom. The molecule has 0 radical (unpaired) electrons. The molecule has 0 aliphatic carbocycles. The van der Waals surface area contributed by atoms with E-state index in [1.165, 1.54) is 0 Å². The van der Waals surface area contributed by atoms with Crippen molar-refractivity contribution in [3.05, 3.63) is 29.3 Å². The van der Waals surface area contributed by atoms with Crippen molar-refractivity contribution in [2.24, 2.45) is 0 Å². The van der Waals surface area contributed by atoms with Gasteiger partial charge in [-0.05, 0) is 26.0 Å². The zero-order valence-electron chi connectivity index (χ0n) is 10.6. The molecule has 2 aromatic rings. The molecule has 2 rings (SSSR count). The van der Waals surface area contributed by atoms with Crippen LogP contribution in [0, 0.1) is 6.92 Å². The molecule has 0 saturated heterocycles. The highest BCUT2D eigenvalue weighted by atomic mass is 16.5. The van der Waals surface area contributed by atoms with Gasteiger partial charge in [0.2, 0.25) is 5.76 Å². The summed E-state index contributed by atoms with van der Waals surface area (Å²) in [5, 5.41) is 0. The van der Waals surface area contributed by atoms with E-state index in [2.05, 4.69) is 4.98 Å². The molecule has 0 fully saturated rings. The van der Waals surface area contributed by atoms with Crippen LogP contribution in [0.2, 0.25) is 0 Å². The second-order valence-corrected chi connectivity index (χ2v) is 3.77. The summed E-state index contributed by atoms with van der Waals surface area (Å²) in [6, 6.07) is 3.64. The van der Waals surface area contributed by atoms with Gasteiger partial charge in [-0.1, -0.05) is 6.92 Å². The maximum Gasteiger partial charge on any atom is 0.376 e. The molecule has 0 atom stereocenters. The number of aryl methyl sites for hydroxylation is 2. The van der Waals surface area contributed by atoms with Gasteiger partial charge in [-0.2, -0.15) is 0 Å². The average Bonchev–Trinajstić information content (AvgIpc) is 2.95. The summed E-state index contributed by atoms with van der Waals surface area (Å²) in [4.78, 5) is 15.8. The summed E-state index contributed by atoms with van der Waals surface area (Å²) in [7, 11) is 0. The Morgan fingerprint density at radius 2 is 2.11 bits per heavy atom. The third-order valence-electron chi connectivity index (χ3n) is 2.48. The van der Waals surface area contributed by atoms with Gasteiger partial charge in [0, 0.05) is 6.42 Å². The lowest BCUT2D eigenvalue weighted by atomic mass is 10.3. The van der Waals surface area contributed by atoms with E-state index in [0.717, 1.165) is 12.2 Å². The minimum Gasteiger partial charge on any atom is -0.460 e. The summed E-state index contributed by atoms with van der Waals surface area (Å²) in [6.07, 6.45) is 0.796. The number of carbonyl (C=O) groups excluding carboxylic acids is 1. The predicted molar refractivity (Wildman–Crippen MR) is 64.3 cm³/mol. The average molecular weight is 249 g/mol. The van der Waals surface area contributed by atoms with Gasteiger partial charge in [-0.25, -0.2) is 9.78 Å². The second kappa shape index (κ2) is 5.08. The van der Waals surface area contributed by atoms with Gasteiger partial charge >= 0.3 is 5.97 Å². The van der Waals surface area contributed by atoms with Crippen molar-refractivity contribution >= 4 is 5.97 Å². The topological polar surface area (TPSA) is 65.5 Å². The van der Waals surface area contributed by atoms with E-state index in [0.29, 0.717) is 24.0 Å². The van der Waals surface area contributed by atoms with Gasteiger partial charge in [0.25, 0.3) is 5.89 Å². The lowest BCUT2D eigenvalue weighted by Crippen LogP contribution is -2.04. The van der Waals surface area contributed by atoms with Crippen LogP contribution in [0.15, 0.2) is 21.0 Å². The normalized spacial score (nSPS) is 10.6. The molecule has 0 aromatic carbocycles. The molecule has 0 aliphatic heterocycles. The molecular formula is C13H15NO4. The van der Waals surface area contributed by atoms with E-state index in [4.69, 9.17) is 13.6 Å². The van der Waals surface area contributed by atoms with Crippen molar-refractivity contribution < 1.29 is 18.4 Å². The van der Waals surface area contributed by atoms with E-state index in [9.17, 15) is 4.79 Å². The van der Waals surface area contributed by atoms with Crippen LogP contribution < -0.4 is 0 Å². The van der Waals surface area contributed by atoms with Crippen LogP contribution in [0.1, 0.15) is 35.9 Å². The van der Waals surface area contributed by atoms with Crippen molar-refractivity contribution in [3.8, 4) is 11.7 Å². The molecule has 0 unspecified atom stereocenters. The van der Waals surface area contributed by atoms with Crippen LogP contribution in [0.5, 0.6) is 0 Å². The molecule has 0 N–H and O–H groups in total. The van der Waals surface area contributed by atoms with Gasteiger partial charge in [0.15, 0.2) is 5.76 Å². The molecule has 0 spiro atoms. The van der Waals surface area contributed by atoms with Gasteiger partial charge < -0.3 is 13.6 Å². The first-order valence-electron chi connectivity index (χ1n) is 5.89. The standard InChI is InChI=1S/C13H15NO4/c1-4-9-6-7-10(17-9)12-14-8(3)11(18-12)13(15)16-5-2/h6-7H,4-5H2,1-3H3. The predicted octanol–water partition coefficient (Wildman–Crippen LogP) is 2.98. The Morgan fingerprint density at radius 1 is 1.33 bits per heavy atom. The lowest BCUT2D eigenvalue weighted by Gasteiger charge is -1.96. The molecule has 0 amide bonds. The zero-order valence-corrected chi connectivity index (χ0v) is 10.6. The molecule has 5 nitrogen and oxygen atoms in total. The van der Waals surface area contributed by atoms with Crippen LogP contribution >= 0.6 is 0 Å². The highest BCUT2D eigenvalue weighted by molar-refractivity contribution is 5.87. The van der Waals surface area contributed by atoms with E-state index in [1.54, 1.807) is 19.9 Å². The van der Waals surface area contributed by atoms with Crippen LogP contribution in [0.3, 0.4) is 0 Å². The Labute approximate surface area is 105 Å². The number of aromatic nitrogens is 1. The summed E-state index contributed by atoms with van der Waals surface area (Å²) < 4.78 is 15.8. The lowest BCUT2D eigenvalue weighted by molar-refractivity contribution is 0.0490. The molecule has 18 heavy (non-hydrogen) atoms. The fourth-order valence-electron chi connectivity index (χ4n) is 1.57. The number of nitrogens with zero attached hydrogens (tertiary/aromatic N) is 1. The summed E-state index contributed by atoms with van der Waals surface area (Å²) in [6.45, 7) is 5.73. The Bertz CT molecular complexity index is 553. The van der Waals surface area contributed by atoms with Crippen molar-refractivity contribution in [1.82, 2.24) is 4.98 Å². The number of furan rings is 1. The van der Waals surface area contributed by atoms with Crippen LogP contribution in [-0.4, -0.2) is 17.6 Å². The maximum atomic E-state index is 11.6. The largest absolute Gasteiger partial charge is 0.460 e. The number of carbonyl (C=O) groups is 1. The van der Waals surface area contributed by atoms with Gasteiger partial charge in [-0.3, -0.25) is 0 Å². The van der Waals surface area contributed by atoms with Gasteiger partial charge in [-0.15, -0.1) is 0 Å². The molecular weight excluding hydrogens is 234 g/mol.